The Labute approximate surface area is 152 Å². The molecular formula is C18H20N4O3S. The van der Waals surface area contributed by atoms with Crippen LogP contribution in [0.5, 0.6) is 0 Å². The summed E-state index contributed by atoms with van der Waals surface area (Å²) in [6.07, 6.45) is 5.99. The number of rotatable bonds is 5. The van der Waals surface area contributed by atoms with Crippen molar-refractivity contribution in [2.24, 2.45) is 5.92 Å². The van der Waals surface area contributed by atoms with Crippen LogP contribution < -0.4 is 10.0 Å². The third-order valence-electron chi connectivity index (χ3n) is 5.12. The summed E-state index contributed by atoms with van der Waals surface area (Å²) in [6.45, 7) is 3.10. The van der Waals surface area contributed by atoms with Gasteiger partial charge in [-0.05, 0) is 55.9 Å². The van der Waals surface area contributed by atoms with Gasteiger partial charge in [-0.3, -0.25) is 9.78 Å². The molecule has 136 valence electrons. The van der Waals surface area contributed by atoms with Crippen LogP contribution in [0.15, 0.2) is 35.5 Å². The van der Waals surface area contributed by atoms with E-state index in [1.165, 1.54) is 6.92 Å². The predicted molar refractivity (Wildman–Crippen MR) is 96.9 cm³/mol. The Balaban J connectivity index is 1.67. The van der Waals surface area contributed by atoms with Gasteiger partial charge in [-0.1, -0.05) is 0 Å². The molecule has 2 N–H and O–H groups in total. The van der Waals surface area contributed by atoms with Crippen molar-refractivity contribution in [3.8, 4) is 11.1 Å². The fraction of sp³-hybridized carbons (Fsp3) is 0.389. The maximum Gasteiger partial charge on any atom is 0.242 e. The number of amides is 1. The van der Waals surface area contributed by atoms with Crippen LogP contribution in [0.25, 0.3) is 11.1 Å². The smallest absolute Gasteiger partial charge is 0.242 e. The SMILES string of the molecule is CC(=O)Nc1cc(-c2cnc(C)c(S(=O)(=O)NC34CC(C3)C4)c2)ccn1. The number of nitrogens with zero attached hydrogens (tertiary/aromatic N) is 2. The van der Waals surface area contributed by atoms with Crippen molar-refractivity contribution < 1.29 is 13.2 Å². The normalized spacial score (nSPS) is 23.7. The van der Waals surface area contributed by atoms with Crippen LogP contribution in [-0.4, -0.2) is 29.8 Å². The summed E-state index contributed by atoms with van der Waals surface area (Å²) >= 11 is 0. The number of sulfonamides is 1. The third kappa shape index (κ3) is 2.99. The van der Waals surface area contributed by atoms with Crippen molar-refractivity contribution in [3.05, 3.63) is 36.3 Å². The van der Waals surface area contributed by atoms with Crippen LogP contribution in [0.4, 0.5) is 5.82 Å². The van der Waals surface area contributed by atoms with E-state index in [2.05, 4.69) is 20.0 Å². The zero-order chi connectivity index (χ0) is 18.5. The van der Waals surface area contributed by atoms with Crippen molar-refractivity contribution in [1.29, 1.82) is 0 Å². The first-order chi connectivity index (χ1) is 12.3. The minimum Gasteiger partial charge on any atom is -0.311 e. The van der Waals surface area contributed by atoms with E-state index in [0.29, 0.717) is 23.0 Å². The number of anilines is 1. The van der Waals surface area contributed by atoms with Gasteiger partial charge in [-0.2, -0.15) is 0 Å². The maximum atomic E-state index is 12.9. The number of carbonyl (C=O) groups is 1. The van der Waals surface area contributed by atoms with Gasteiger partial charge >= 0.3 is 0 Å². The number of hydrogen-bond acceptors (Lipinski definition) is 5. The average molecular weight is 372 g/mol. The molecule has 7 nitrogen and oxygen atoms in total. The Hall–Kier alpha value is -2.32. The molecule has 0 atom stereocenters. The van der Waals surface area contributed by atoms with Gasteiger partial charge in [0.25, 0.3) is 0 Å². The number of pyridine rings is 2. The minimum absolute atomic E-state index is 0.192. The van der Waals surface area contributed by atoms with E-state index in [9.17, 15) is 13.2 Å². The highest BCUT2D eigenvalue weighted by Crippen LogP contribution is 2.57. The fourth-order valence-corrected chi connectivity index (χ4v) is 5.40. The first kappa shape index (κ1) is 17.1. The molecule has 1 amide bonds. The first-order valence-electron chi connectivity index (χ1n) is 8.51. The number of carbonyl (C=O) groups excluding carboxylic acids is 1. The monoisotopic (exact) mass is 372 g/mol. The topological polar surface area (TPSA) is 101 Å². The van der Waals surface area contributed by atoms with Gasteiger partial charge < -0.3 is 5.32 Å². The van der Waals surface area contributed by atoms with E-state index in [1.807, 2.05) is 0 Å². The summed E-state index contributed by atoms with van der Waals surface area (Å²) in [7, 11) is -3.63. The highest BCUT2D eigenvalue weighted by Gasteiger charge is 2.58. The van der Waals surface area contributed by atoms with Crippen molar-refractivity contribution in [2.45, 2.75) is 43.5 Å². The Bertz CT molecular complexity index is 986. The molecule has 3 saturated carbocycles. The quantitative estimate of drug-likeness (QED) is 0.838. The zero-order valence-corrected chi connectivity index (χ0v) is 15.4. The Morgan fingerprint density at radius 1 is 1.19 bits per heavy atom. The molecule has 3 aliphatic rings. The highest BCUT2D eigenvalue weighted by molar-refractivity contribution is 7.89. The molecule has 3 aliphatic carbocycles. The Morgan fingerprint density at radius 3 is 2.54 bits per heavy atom. The lowest BCUT2D eigenvalue weighted by atomic mass is 9.50. The predicted octanol–water partition coefficient (Wildman–Crippen LogP) is 2.24. The Kier molecular flexibility index (Phi) is 3.85. The standard InChI is InChI=1S/C18H20N4O3S/c1-11-16(26(24,25)22-18-7-13(8-18)9-18)5-15(10-20-11)14-3-4-19-17(6-14)21-12(2)23/h3-6,10,13,22H,7-9H2,1-2H3,(H,19,21,23). The molecular weight excluding hydrogens is 352 g/mol. The van der Waals surface area contributed by atoms with Crippen molar-refractivity contribution in [1.82, 2.24) is 14.7 Å². The van der Waals surface area contributed by atoms with Crippen LogP contribution in [0.3, 0.4) is 0 Å². The maximum absolute atomic E-state index is 12.9. The largest absolute Gasteiger partial charge is 0.311 e. The van der Waals surface area contributed by atoms with Crippen LogP contribution >= 0.6 is 0 Å². The van der Waals surface area contributed by atoms with Gasteiger partial charge in [0.05, 0.1) is 5.69 Å². The average Bonchev–Trinajstić information content (AvgIpc) is 2.50. The van der Waals surface area contributed by atoms with Gasteiger partial charge in [-0.15, -0.1) is 0 Å². The van der Waals surface area contributed by atoms with Gasteiger partial charge in [0, 0.05) is 30.4 Å². The third-order valence-corrected chi connectivity index (χ3v) is 6.81. The van der Waals surface area contributed by atoms with E-state index in [-0.39, 0.29) is 16.3 Å². The number of aromatic nitrogens is 2. The summed E-state index contributed by atoms with van der Waals surface area (Å²) in [4.78, 5) is 19.8. The minimum atomic E-state index is -3.63. The van der Waals surface area contributed by atoms with Gasteiger partial charge in [0.1, 0.15) is 10.7 Å². The van der Waals surface area contributed by atoms with Crippen molar-refractivity contribution in [3.63, 3.8) is 0 Å². The highest BCUT2D eigenvalue weighted by atomic mass is 32.2. The van der Waals surface area contributed by atoms with E-state index in [0.717, 1.165) is 24.8 Å². The summed E-state index contributed by atoms with van der Waals surface area (Å²) in [5.41, 5.74) is 1.62. The van der Waals surface area contributed by atoms with Crippen LogP contribution in [0.2, 0.25) is 0 Å². The van der Waals surface area contributed by atoms with Gasteiger partial charge in [0.15, 0.2) is 0 Å². The van der Waals surface area contributed by atoms with Crippen LogP contribution in [0.1, 0.15) is 31.9 Å². The lowest BCUT2D eigenvalue weighted by molar-refractivity contribution is -0.114. The van der Waals surface area contributed by atoms with E-state index >= 15 is 0 Å². The molecule has 0 saturated heterocycles. The summed E-state index contributed by atoms with van der Waals surface area (Å²) < 4.78 is 28.6. The summed E-state index contributed by atoms with van der Waals surface area (Å²) in [6, 6.07) is 5.07. The molecule has 2 aromatic heterocycles. The molecule has 3 fully saturated rings. The lowest BCUT2D eigenvalue weighted by Crippen LogP contribution is -2.67. The second-order valence-corrected chi connectivity index (χ2v) is 8.93. The molecule has 5 rings (SSSR count). The summed E-state index contributed by atoms with van der Waals surface area (Å²) in [5, 5.41) is 2.62. The van der Waals surface area contributed by atoms with Crippen molar-refractivity contribution >= 4 is 21.7 Å². The Morgan fingerprint density at radius 2 is 1.92 bits per heavy atom. The lowest BCUT2D eigenvalue weighted by Gasteiger charge is -2.61. The van der Waals surface area contributed by atoms with Gasteiger partial charge in [0.2, 0.25) is 15.9 Å². The first-order valence-corrected chi connectivity index (χ1v) is 9.99. The van der Waals surface area contributed by atoms with E-state index in [4.69, 9.17) is 0 Å². The van der Waals surface area contributed by atoms with Crippen LogP contribution in [-0.2, 0) is 14.8 Å². The molecule has 2 bridgehead atoms. The van der Waals surface area contributed by atoms with E-state index < -0.39 is 10.0 Å². The molecule has 0 aliphatic heterocycles. The second kappa shape index (κ2) is 5.85. The van der Waals surface area contributed by atoms with E-state index in [1.54, 1.807) is 37.5 Å². The van der Waals surface area contributed by atoms with Gasteiger partial charge in [-0.25, -0.2) is 18.1 Å². The molecule has 2 heterocycles. The molecule has 0 aromatic carbocycles. The molecule has 26 heavy (non-hydrogen) atoms. The molecule has 0 spiro atoms. The number of hydrogen-bond donors (Lipinski definition) is 2. The summed E-state index contributed by atoms with van der Waals surface area (Å²) in [5.74, 6) is 0.877. The van der Waals surface area contributed by atoms with Crippen LogP contribution in [0, 0.1) is 12.8 Å². The second-order valence-electron chi connectivity index (χ2n) is 7.28. The number of aryl methyl sites for hydroxylation is 1. The fourth-order valence-electron chi connectivity index (χ4n) is 3.75. The van der Waals surface area contributed by atoms with Crippen molar-refractivity contribution in [2.75, 3.05) is 5.32 Å². The molecule has 0 unspecified atom stereocenters. The molecule has 0 radical (unpaired) electrons. The zero-order valence-electron chi connectivity index (χ0n) is 14.6. The molecule has 2 aromatic rings. The molecule has 8 heteroatoms. The number of nitrogens with one attached hydrogen (secondary N) is 2.